The maximum Gasteiger partial charge on any atom is 0.414 e. The number of alkyl halides is 3. The van der Waals surface area contributed by atoms with Crippen molar-refractivity contribution in [2.75, 3.05) is 0 Å². The van der Waals surface area contributed by atoms with Gasteiger partial charge in [-0.1, -0.05) is 81.7 Å². The van der Waals surface area contributed by atoms with E-state index in [9.17, 15) is 13.2 Å². The van der Waals surface area contributed by atoms with E-state index in [1.165, 1.54) is 32.1 Å². The first-order chi connectivity index (χ1) is 11.1. The second-order valence-corrected chi connectivity index (χ2v) is 6.62. The van der Waals surface area contributed by atoms with E-state index in [0.29, 0.717) is 6.42 Å². The standard InChI is InChI=1S/C19H27F3O/c20-19(21,22)18(23-15-17-12-5-2-6-13-17)14-8-7-11-16-9-3-1-4-10-16/h2,5-6,12-13,16,18H,1,3-4,7-11,14-15H2/t18-/m0/s1. The summed E-state index contributed by atoms with van der Waals surface area (Å²) in [5.74, 6) is 0.735. The molecule has 0 N–H and O–H groups in total. The Balaban J connectivity index is 1.70. The van der Waals surface area contributed by atoms with Gasteiger partial charge in [-0.2, -0.15) is 13.2 Å². The van der Waals surface area contributed by atoms with Crippen LogP contribution in [-0.2, 0) is 11.3 Å². The molecular formula is C19H27F3O. The Hall–Kier alpha value is -1.03. The van der Waals surface area contributed by atoms with E-state index in [-0.39, 0.29) is 13.0 Å². The van der Waals surface area contributed by atoms with Gasteiger partial charge in [0.2, 0.25) is 0 Å². The lowest BCUT2D eigenvalue weighted by atomic mass is 9.85. The van der Waals surface area contributed by atoms with Gasteiger partial charge in [-0.25, -0.2) is 0 Å². The van der Waals surface area contributed by atoms with Gasteiger partial charge in [-0.05, 0) is 17.9 Å². The molecule has 1 fully saturated rings. The quantitative estimate of drug-likeness (QED) is 0.511. The first-order valence-corrected chi connectivity index (χ1v) is 8.78. The van der Waals surface area contributed by atoms with Crippen LogP contribution in [0.1, 0.15) is 63.4 Å². The summed E-state index contributed by atoms with van der Waals surface area (Å²) in [6.07, 6.45) is 3.11. The summed E-state index contributed by atoms with van der Waals surface area (Å²) in [7, 11) is 0. The van der Waals surface area contributed by atoms with Gasteiger partial charge in [0.25, 0.3) is 0 Å². The van der Waals surface area contributed by atoms with E-state index < -0.39 is 12.3 Å². The number of hydrogen-bond donors (Lipinski definition) is 0. The molecule has 1 atom stereocenters. The molecule has 1 nitrogen and oxygen atoms in total. The fourth-order valence-electron chi connectivity index (χ4n) is 3.35. The molecule has 4 heteroatoms. The number of benzene rings is 1. The molecule has 1 saturated carbocycles. The van der Waals surface area contributed by atoms with Crippen molar-refractivity contribution in [3.05, 3.63) is 35.9 Å². The van der Waals surface area contributed by atoms with Crippen LogP contribution in [0.25, 0.3) is 0 Å². The molecule has 0 aliphatic heterocycles. The monoisotopic (exact) mass is 328 g/mol. The SMILES string of the molecule is FC(F)(F)[C@H](CCCCC1CCCCC1)OCc1ccccc1. The molecule has 2 rings (SSSR count). The van der Waals surface area contributed by atoms with Gasteiger partial charge in [-0.15, -0.1) is 0 Å². The van der Waals surface area contributed by atoms with Crippen LogP contribution in [0.2, 0.25) is 0 Å². The first-order valence-electron chi connectivity index (χ1n) is 8.78. The highest BCUT2D eigenvalue weighted by Crippen LogP contribution is 2.30. The average Bonchev–Trinajstić information content (AvgIpc) is 2.55. The van der Waals surface area contributed by atoms with Crippen LogP contribution in [0.3, 0.4) is 0 Å². The highest BCUT2D eigenvalue weighted by Gasteiger charge is 2.40. The Bertz CT molecular complexity index is 424. The van der Waals surface area contributed by atoms with Gasteiger partial charge in [0.05, 0.1) is 6.61 Å². The summed E-state index contributed by atoms with van der Waals surface area (Å²) in [5.41, 5.74) is 0.781. The van der Waals surface area contributed by atoms with Crippen molar-refractivity contribution in [3.8, 4) is 0 Å². The number of halogens is 3. The van der Waals surface area contributed by atoms with Crippen LogP contribution in [0.4, 0.5) is 13.2 Å². The van der Waals surface area contributed by atoms with Gasteiger partial charge in [0, 0.05) is 0 Å². The van der Waals surface area contributed by atoms with Crippen molar-refractivity contribution in [2.24, 2.45) is 5.92 Å². The van der Waals surface area contributed by atoms with Gasteiger partial charge in [0.15, 0.2) is 6.10 Å². The van der Waals surface area contributed by atoms with Crippen molar-refractivity contribution in [2.45, 2.75) is 76.7 Å². The fourth-order valence-corrected chi connectivity index (χ4v) is 3.35. The van der Waals surface area contributed by atoms with E-state index in [4.69, 9.17) is 4.74 Å². The predicted molar refractivity (Wildman–Crippen MR) is 86.1 cm³/mol. The molecule has 0 amide bonds. The summed E-state index contributed by atoms with van der Waals surface area (Å²) in [6, 6.07) is 9.04. The third-order valence-corrected chi connectivity index (χ3v) is 4.71. The Kier molecular flexibility index (Phi) is 7.41. The van der Waals surface area contributed by atoms with Gasteiger partial charge in [-0.3, -0.25) is 0 Å². The third-order valence-electron chi connectivity index (χ3n) is 4.71. The Labute approximate surface area is 137 Å². The van der Waals surface area contributed by atoms with Crippen LogP contribution in [0, 0.1) is 5.92 Å². The molecule has 1 aliphatic carbocycles. The van der Waals surface area contributed by atoms with E-state index in [2.05, 4.69) is 0 Å². The van der Waals surface area contributed by atoms with E-state index in [1.807, 2.05) is 18.2 Å². The topological polar surface area (TPSA) is 9.23 Å². The highest BCUT2D eigenvalue weighted by molar-refractivity contribution is 5.13. The minimum Gasteiger partial charge on any atom is -0.364 e. The fraction of sp³-hybridized carbons (Fsp3) is 0.684. The summed E-state index contributed by atoms with van der Waals surface area (Å²) in [6.45, 7) is 0.0215. The smallest absolute Gasteiger partial charge is 0.364 e. The summed E-state index contributed by atoms with van der Waals surface area (Å²) >= 11 is 0. The van der Waals surface area contributed by atoms with Gasteiger partial charge < -0.3 is 4.74 Å². The number of rotatable bonds is 8. The molecule has 0 saturated heterocycles. The molecule has 0 aromatic heterocycles. The second kappa shape index (κ2) is 9.31. The number of unbranched alkanes of at least 4 members (excludes halogenated alkanes) is 1. The first kappa shape index (κ1) is 18.3. The molecule has 0 radical (unpaired) electrons. The van der Waals surface area contributed by atoms with Crippen molar-refractivity contribution < 1.29 is 17.9 Å². The summed E-state index contributed by atoms with van der Waals surface area (Å²) in [4.78, 5) is 0. The Morgan fingerprint density at radius 1 is 1.00 bits per heavy atom. The zero-order chi connectivity index (χ0) is 16.5. The molecule has 130 valence electrons. The van der Waals surface area contributed by atoms with Crippen LogP contribution in [0.15, 0.2) is 30.3 Å². The normalized spacial score (nSPS) is 18.0. The zero-order valence-corrected chi connectivity index (χ0v) is 13.7. The Morgan fingerprint density at radius 3 is 2.35 bits per heavy atom. The lowest BCUT2D eigenvalue weighted by Gasteiger charge is -2.23. The van der Waals surface area contributed by atoms with E-state index in [0.717, 1.165) is 24.3 Å². The summed E-state index contributed by atoms with van der Waals surface area (Å²) in [5, 5.41) is 0. The molecule has 0 unspecified atom stereocenters. The number of hydrogen-bond acceptors (Lipinski definition) is 1. The summed E-state index contributed by atoms with van der Waals surface area (Å²) < 4.78 is 44.4. The second-order valence-electron chi connectivity index (χ2n) is 6.62. The molecule has 1 aromatic carbocycles. The van der Waals surface area contributed by atoms with Gasteiger partial charge in [0.1, 0.15) is 0 Å². The minimum absolute atomic E-state index is 0.0215. The van der Waals surface area contributed by atoms with Crippen LogP contribution in [-0.4, -0.2) is 12.3 Å². The van der Waals surface area contributed by atoms with Crippen molar-refractivity contribution >= 4 is 0 Å². The molecule has 0 bridgehead atoms. The van der Waals surface area contributed by atoms with Crippen molar-refractivity contribution in [1.29, 1.82) is 0 Å². The lowest BCUT2D eigenvalue weighted by molar-refractivity contribution is -0.225. The highest BCUT2D eigenvalue weighted by atomic mass is 19.4. The Morgan fingerprint density at radius 2 is 1.70 bits per heavy atom. The maximum atomic E-state index is 13.1. The predicted octanol–water partition coefficient (Wildman–Crippen LogP) is 6.27. The van der Waals surface area contributed by atoms with Crippen LogP contribution in [0.5, 0.6) is 0 Å². The maximum absolute atomic E-state index is 13.1. The largest absolute Gasteiger partial charge is 0.414 e. The average molecular weight is 328 g/mol. The molecule has 1 aromatic rings. The van der Waals surface area contributed by atoms with Crippen molar-refractivity contribution in [3.63, 3.8) is 0 Å². The van der Waals surface area contributed by atoms with Crippen molar-refractivity contribution in [1.82, 2.24) is 0 Å². The molecule has 0 heterocycles. The van der Waals surface area contributed by atoms with Crippen LogP contribution >= 0.6 is 0 Å². The molecular weight excluding hydrogens is 301 g/mol. The number of ether oxygens (including phenoxy) is 1. The molecule has 23 heavy (non-hydrogen) atoms. The van der Waals surface area contributed by atoms with E-state index in [1.54, 1.807) is 12.1 Å². The lowest BCUT2D eigenvalue weighted by Crippen LogP contribution is -2.31. The van der Waals surface area contributed by atoms with Gasteiger partial charge >= 0.3 is 6.18 Å². The zero-order valence-electron chi connectivity index (χ0n) is 13.7. The minimum atomic E-state index is -4.28. The third kappa shape index (κ3) is 6.94. The molecule has 1 aliphatic rings. The van der Waals surface area contributed by atoms with Crippen LogP contribution < -0.4 is 0 Å². The van der Waals surface area contributed by atoms with E-state index >= 15 is 0 Å². The molecule has 0 spiro atoms.